The average molecular weight is 197 g/mol. The van der Waals surface area contributed by atoms with E-state index in [2.05, 4.69) is 16.8 Å². The molecule has 2 nitrogen and oxygen atoms in total. The Hall–Kier alpha value is -1.85. The van der Waals surface area contributed by atoms with Crippen molar-refractivity contribution in [1.82, 2.24) is 4.98 Å². The average Bonchev–Trinajstić information content (AvgIpc) is 2.26. The fourth-order valence-corrected chi connectivity index (χ4v) is 1.34. The van der Waals surface area contributed by atoms with Crippen molar-refractivity contribution in [1.29, 1.82) is 0 Å². The summed E-state index contributed by atoms with van der Waals surface area (Å²) in [5.41, 5.74) is 1.86. The van der Waals surface area contributed by atoms with Crippen LogP contribution in [-0.2, 0) is 0 Å². The van der Waals surface area contributed by atoms with Gasteiger partial charge < -0.3 is 5.11 Å². The molecular weight excluding hydrogens is 186 g/mol. The molecule has 0 saturated heterocycles. The molecule has 0 saturated carbocycles. The predicted octanol–water partition coefficient (Wildman–Crippen LogP) is 1.97. The van der Waals surface area contributed by atoms with Gasteiger partial charge in [-0.1, -0.05) is 17.9 Å². The summed E-state index contributed by atoms with van der Waals surface area (Å²) in [6, 6.07) is 9.70. The van der Waals surface area contributed by atoms with Crippen molar-refractivity contribution in [2.45, 2.75) is 13.0 Å². The van der Waals surface area contributed by atoms with Crippen LogP contribution < -0.4 is 0 Å². The van der Waals surface area contributed by atoms with Gasteiger partial charge in [-0.2, -0.15) is 0 Å². The van der Waals surface area contributed by atoms with Gasteiger partial charge in [0.2, 0.25) is 0 Å². The van der Waals surface area contributed by atoms with Crippen LogP contribution in [0.15, 0.2) is 36.5 Å². The Morgan fingerprint density at radius 2 is 2.20 bits per heavy atom. The summed E-state index contributed by atoms with van der Waals surface area (Å²) >= 11 is 0. The second-order valence-electron chi connectivity index (χ2n) is 3.36. The number of nitrogens with zero attached hydrogens (tertiary/aromatic N) is 1. The van der Waals surface area contributed by atoms with Gasteiger partial charge >= 0.3 is 0 Å². The molecule has 1 aromatic heterocycles. The lowest BCUT2D eigenvalue weighted by molar-refractivity contribution is 0.253. The molecule has 1 aromatic carbocycles. The Labute approximate surface area is 88.6 Å². The third-order valence-electron chi connectivity index (χ3n) is 2.03. The SMILES string of the molecule is C[C@@H](O)C#Cc1ccc2ncccc2c1. The molecule has 0 spiro atoms. The van der Waals surface area contributed by atoms with Crippen LogP contribution in [0.1, 0.15) is 12.5 Å². The quantitative estimate of drug-likeness (QED) is 0.655. The Morgan fingerprint density at radius 1 is 1.33 bits per heavy atom. The maximum atomic E-state index is 9.04. The first-order chi connectivity index (χ1) is 7.25. The summed E-state index contributed by atoms with van der Waals surface area (Å²) in [5.74, 6) is 5.62. The second kappa shape index (κ2) is 4.12. The maximum absolute atomic E-state index is 9.04. The van der Waals surface area contributed by atoms with Crippen molar-refractivity contribution in [3.63, 3.8) is 0 Å². The van der Waals surface area contributed by atoms with Crippen LogP contribution in [0.25, 0.3) is 10.9 Å². The smallest absolute Gasteiger partial charge is 0.112 e. The minimum Gasteiger partial charge on any atom is -0.381 e. The molecule has 0 radical (unpaired) electrons. The normalized spacial score (nSPS) is 11.9. The molecule has 0 aliphatic rings. The Kier molecular flexibility index (Phi) is 2.66. The Morgan fingerprint density at radius 3 is 3.00 bits per heavy atom. The number of benzene rings is 1. The van der Waals surface area contributed by atoms with E-state index in [0.717, 1.165) is 16.5 Å². The van der Waals surface area contributed by atoms with E-state index in [9.17, 15) is 0 Å². The van der Waals surface area contributed by atoms with Crippen molar-refractivity contribution in [2.24, 2.45) is 0 Å². The third kappa shape index (κ3) is 2.34. The third-order valence-corrected chi connectivity index (χ3v) is 2.03. The summed E-state index contributed by atoms with van der Waals surface area (Å²) in [6.45, 7) is 1.65. The molecule has 1 heterocycles. The summed E-state index contributed by atoms with van der Waals surface area (Å²) in [7, 11) is 0. The minimum absolute atomic E-state index is 0.588. The van der Waals surface area contributed by atoms with E-state index in [1.807, 2.05) is 30.3 Å². The van der Waals surface area contributed by atoms with E-state index >= 15 is 0 Å². The van der Waals surface area contributed by atoms with Crippen molar-refractivity contribution < 1.29 is 5.11 Å². The molecule has 2 heteroatoms. The van der Waals surface area contributed by atoms with Crippen LogP contribution >= 0.6 is 0 Å². The number of fused-ring (bicyclic) bond motifs is 1. The van der Waals surface area contributed by atoms with Gasteiger partial charge in [-0.25, -0.2) is 0 Å². The zero-order valence-corrected chi connectivity index (χ0v) is 8.44. The van der Waals surface area contributed by atoms with E-state index in [-0.39, 0.29) is 0 Å². The highest BCUT2D eigenvalue weighted by atomic mass is 16.3. The van der Waals surface area contributed by atoms with Gasteiger partial charge in [0.05, 0.1) is 5.52 Å². The standard InChI is InChI=1S/C13H11NO/c1-10(15)4-5-11-6-7-13-12(9-11)3-2-8-14-13/h2-3,6-10,15H,1H3/t10-/m1/s1. The number of rotatable bonds is 0. The van der Waals surface area contributed by atoms with Crippen molar-refractivity contribution in [3.8, 4) is 11.8 Å². The summed E-state index contributed by atoms with van der Waals surface area (Å²) in [6.07, 6.45) is 1.18. The molecule has 2 rings (SSSR count). The van der Waals surface area contributed by atoms with Gasteiger partial charge in [-0.15, -0.1) is 0 Å². The zero-order valence-electron chi connectivity index (χ0n) is 8.44. The van der Waals surface area contributed by atoms with Gasteiger partial charge in [0.1, 0.15) is 6.10 Å². The number of pyridine rings is 1. The van der Waals surface area contributed by atoms with E-state index in [1.165, 1.54) is 0 Å². The molecular formula is C13H11NO. The van der Waals surface area contributed by atoms with Crippen LogP contribution in [0.4, 0.5) is 0 Å². The fourth-order valence-electron chi connectivity index (χ4n) is 1.34. The van der Waals surface area contributed by atoms with Gasteiger partial charge in [0, 0.05) is 17.1 Å². The molecule has 0 unspecified atom stereocenters. The van der Waals surface area contributed by atoms with Crippen molar-refractivity contribution in [2.75, 3.05) is 0 Å². The van der Waals surface area contributed by atoms with Gasteiger partial charge in [-0.3, -0.25) is 4.98 Å². The minimum atomic E-state index is -0.588. The molecule has 74 valence electrons. The first kappa shape index (κ1) is 9.70. The number of hydrogen-bond acceptors (Lipinski definition) is 2. The lowest BCUT2D eigenvalue weighted by atomic mass is 10.1. The highest BCUT2D eigenvalue weighted by molar-refractivity contribution is 5.79. The lowest BCUT2D eigenvalue weighted by Gasteiger charge is -1.96. The van der Waals surface area contributed by atoms with Crippen LogP contribution in [0.2, 0.25) is 0 Å². The van der Waals surface area contributed by atoms with E-state index in [4.69, 9.17) is 5.11 Å². The highest BCUT2D eigenvalue weighted by Gasteiger charge is 1.94. The van der Waals surface area contributed by atoms with Gasteiger partial charge in [0.15, 0.2) is 0 Å². The maximum Gasteiger partial charge on any atom is 0.112 e. The van der Waals surface area contributed by atoms with Crippen molar-refractivity contribution >= 4 is 10.9 Å². The van der Waals surface area contributed by atoms with Crippen LogP contribution in [0, 0.1) is 11.8 Å². The molecule has 0 bridgehead atoms. The highest BCUT2D eigenvalue weighted by Crippen LogP contribution is 2.12. The molecule has 15 heavy (non-hydrogen) atoms. The predicted molar refractivity (Wildman–Crippen MR) is 60.3 cm³/mol. The summed E-state index contributed by atoms with van der Waals surface area (Å²) < 4.78 is 0. The molecule has 1 atom stereocenters. The summed E-state index contributed by atoms with van der Waals surface area (Å²) in [4.78, 5) is 4.22. The largest absolute Gasteiger partial charge is 0.381 e. The number of aliphatic hydroxyl groups excluding tert-OH is 1. The number of aliphatic hydroxyl groups is 1. The van der Waals surface area contributed by atoms with E-state index in [0.29, 0.717) is 0 Å². The van der Waals surface area contributed by atoms with Crippen molar-refractivity contribution in [3.05, 3.63) is 42.1 Å². The Balaban J connectivity index is 2.44. The first-order valence-corrected chi connectivity index (χ1v) is 4.80. The molecule has 2 aromatic rings. The number of hydrogen-bond donors (Lipinski definition) is 1. The summed E-state index contributed by atoms with van der Waals surface area (Å²) in [5, 5.41) is 10.1. The molecule has 0 aliphatic heterocycles. The van der Waals surface area contributed by atoms with Crippen LogP contribution in [-0.4, -0.2) is 16.2 Å². The fraction of sp³-hybridized carbons (Fsp3) is 0.154. The van der Waals surface area contributed by atoms with Crippen LogP contribution in [0.5, 0.6) is 0 Å². The lowest BCUT2D eigenvalue weighted by Crippen LogP contribution is -1.92. The topological polar surface area (TPSA) is 33.1 Å². The van der Waals surface area contributed by atoms with Gasteiger partial charge in [0.25, 0.3) is 0 Å². The zero-order chi connectivity index (χ0) is 10.7. The molecule has 0 aliphatic carbocycles. The van der Waals surface area contributed by atoms with Crippen LogP contribution in [0.3, 0.4) is 0 Å². The second-order valence-corrected chi connectivity index (χ2v) is 3.36. The molecule has 0 fully saturated rings. The molecule has 0 amide bonds. The van der Waals surface area contributed by atoms with Gasteiger partial charge in [-0.05, 0) is 31.2 Å². The number of aromatic nitrogens is 1. The monoisotopic (exact) mass is 197 g/mol. The molecule has 1 N–H and O–H groups in total. The van der Waals surface area contributed by atoms with E-state index in [1.54, 1.807) is 13.1 Å². The first-order valence-electron chi connectivity index (χ1n) is 4.80. The van der Waals surface area contributed by atoms with E-state index < -0.39 is 6.10 Å². The Bertz CT molecular complexity index is 535.